The quantitative estimate of drug-likeness (QED) is 0.242. The Bertz CT molecular complexity index is 730. The van der Waals surface area contributed by atoms with E-state index in [4.69, 9.17) is 16.3 Å². The third kappa shape index (κ3) is 8.57. The molecule has 2 heterocycles. The van der Waals surface area contributed by atoms with Crippen LogP contribution in [0, 0.1) is 11.8 Å². The molecule has 0 radical (unpaired) electrons. The Morgan fingerprint density at radius 1 is 1.05 bits per heavy atom. The van der Waals surface area contributed by atoms with Crippen LogP contribution >= 0.6 is 23.4 Å². The van der Waals surface area contributed by atoms with Gasteiger partial charge in [0, 0.05) is 6.04 Å². The molecule has 3 aliphatic rings. The summed E-state index contributed by atoms with van der Waals surface area (Å²) in [5, 5.41) is 39.2. The number of carbonyl (C=O) groups excluding carboxylic acids is 1. The van der Waals surface area contributed by atoms with Gasteiger partial charge in [-0.1, -0.05) is 0 Å². The summed E-state index contributed by atoms with van der Waals surface area (Å²) in [4.78, 5) is 13.2. The van der Waals surface area contributed by atoms with Crippen LogP contribution in [-0.4, -0.2) is 100 Å². The molecule has 0 spiro atoms. The third-order valence-electron chi connectivity index (χ3n) is 8.07. The number of aliphatic hydroxyl groups is 3. The zero-order valence-corrected chi connectivity index (χ0v) is 22.9. The lowest BCUT2D eigenvalue weighted by Gasteiger charge is -2.44. The van der Waals surface area contributed by atoms with Crippen molar-refractivity contribution >= 4 is 29.3 Å². The lowest BCUT2D eigenvalue weighted by atomic mass is 9.75. The van der Waals surface area contributed by atoms with Gasteiger partial charge in [0.15, 0.2) is 0 Å². The minimum Gasteiger partial charge on any atom is -0.388 e. The number of halogens is 4. The molecule has 8 nitrogen and oxygen atoms in total. The van der Waals surface area contributed by atoms with Crippen molar-refractivity contribution in [3.63, 3.8) is 0 Å². The standard InChI is InChI=1S/C24H41ClF3N3O5S/c1-12(25)17(21-19(33)18(32)20(34)23(36-21)37-2)31-22(35)16-8-5-14(9-10-29-16)13-3-6-15(7-4-13)30-11-24(26,27)28/h12-21,23,29-30,32-34H,3-11H2,1-2H3,(H,31,35). The number of carbonyl (C=O) groups is 1. The zero-order chi connectivity index (χ0) is 27.3. The fraction of sp³-hybridized carbons (Fsp3) is 0.958. The van der Waals surface area contributed by atoms with Crippen LogP contribution in [0.15, 0.2) is 0 Å². The highest BCUT2D eigenvalue weighted by molar-refractivity contribution is 7.99. The van der Waals surface area contributed by atoms with E-state index in [1.165, 1.54) is 11.8 Å². The Labute approximate surface area is 225 Å². The van der Waals surface area contributed by atoms with Gasteiger partial charge in [-0.2, -0.15) is 13.2 Å². The molecule has 2 saturated heterocycles. The van der Waals surface area contributed by atoms with Gasteiger partial charge >= 0.3 is 6.18 Å². The highest BCUT2D eigenvalue weighted by Crippen LogP contribution is 2.36. The first-order chi connectivity index (χ1) is 17.4. The molecule has 9 unspecified atom stereocenters. The number of aliphatic hydroxyl groups excluding tert-OH is 3. The van der Waals surface area contributed by atoms with E-state index >= 15 is 0 Å². The number of hydrogen-bond acceptors (Lipinski definition) is 8. The molecule has 37 heavy (non-hydrogen) atoms. The SMILES string of the molecule is CSC1OC(C(NC(=O)C2CCC(C3CCC(NCC(F)(F)F)CC3)CCN2)C(C)Cl)C(O)C(O)C1O. The molecule has 0 bridgehead atoms. The summed E-state index contributed by atoms with van der Waals surface area (Å²) in [5.41, 5.74) is -0.770. The van der Waals surface area contributed by atoms with Crippen LogP contribution < -0.4 is 16.0 Å². The average Bonchev–Trinajstić information content (AvgIpc) is 3.11. The number of ether oxygens (including phenoxy) is 1. The van der Waals surface area contributed by atoms with Crippen molar-refractivity contribution < 1.29 is 38.0 Å². The summed E-state index contributed by atoms with van der Waals surface area (Å²) in [6, 6.07) is -1.35. The molecule has 0 aromatic rings. The second-order valence-corrected chi connectivity index (χ2v) is 12.3. The monoisotopic (exact) mass is 575 g/mol. The fourth-order valence-electron chi connectivity index (χ4n) is 5.91. The molecule has 9 atom stereocenters. The molecule has 0 aromatic heterocycles. The van der Waals surface area contributed by atoms with Crippen molar-refractivity contribution in [3.8, 4) is 0 Å². The van der Waals surface area contributed by atoms with Crippen LogP contribution in [0.3, 0.4) is 0 Å². The van der Waals surface area contributed by atoms with Crippen LogP contribution in [0.5, 0.6) is 0 Å². The Hall–Kier alpha value is -0.340. The van der Waals surface area contributed by atoms with E-state index in [0.29, 0.717) is 24.8 Å². The van der Waals surface area contributed by atoms with Gasteiger partial charge in [0.05, 0.1) is 24.0 Å². The average molecular weight is 576 g/mol. The van der Waals surface area contributed by atoms with Crippen molar-refractivity contribution in [1.29, 1.82) is 0 Å². The maximum Gasteiger partial charge on any atom is 0.401 e. The second-order valence-electron chi connectivity index (χ2n) is 10.6. The van der Waals surface area contributed by atoms with Gasteiger partial charge in [-0.05, 0) is 76.5 Å². The molecular weight excluding hydrogens is 535 g/mol. The molecule has 1 amide bonds. The molecule has 3 fully saturated rings. The summed E-state index contributed by atoms with van der Waals surface area (Å²) >= 11 is 7.57. The van der Waals surface area contributed by atoms with Gasteiger partial charge < -0.3 is 36.0 Å². The van der Waals surface area contributed by atoms with Gasteiger partial charge in [-0.25, -0.2) is 0 Å². The summed E-state index contributed by atoms with van der Waals surface area (Å²) in [6.07, 6.45) is -2.04. The Morgan fingerprint density at radius 3 is 2.27 bits per heavy atom. The van der Waals surface area contributed by atoms with Crippen LogP contribution in [0.2, 0.25) is 0 Å². The predicted octanol–water partition coefficient (Wildman–Crippen LogP) is 1.74. The van der Waals surface area contributed by atoms with Crippen molar-refractivity contribution in [2.45, 2.75) is 111 Å². The Morgan fingerprint density at radius 2 is 1.68 bits per heavy atom. The molecular formula is C24H41ClF3N3O5S. The van der Waals surface area contributed by atoms with Gasteiger partial charge in [-0.15, -0.1) is 23.4 Å². The first-order valence-electron chi connectivity index (χ1n) is 13.1. The first-order valence-corrected chi connectivity index (χ1v) is 14.8. The fourth-order valence-corrected chi connectivity index (χ4v) is 6.79. The minimum atomic E-state index is -4.20. The van der Waals surface area contributed by atoms with Gasteiger partial charge in [-0.3, -0.25) is 4.79 Å². The molecule has 1 aliphatic carbocycles. The van der Waals surface area contributed by atoms with E-state index in [0.717, 1.165) is 38.5 Å². The van der Waals surface area contributed by atoms with Gasteiger partial charge in [0.25, 0.3) is 0 Å². The zero-order valence-electron chi connectivity index (χ0n) is 21.3. The smallest absolute Gasteiger partial charge is 0.388 e. The molecule has 1 saturated carbocycles. The van der Waals surface area contributed by atoms with Crippen LogP contribution in [0.1, 0.15) is 51.9 Å². The Kier molecular flexibility index (Phi) is 11.7. The van der Waals surface area contributed by atoms with Crippen molar-refractivity contribution in [1.82, 2.24) is 16.0 Å². The summed E-state index contributed by atoms with van der Waals surface area (Å²) in [6.45, 7) is 1.37. The normalized spacial score (nSPS) is 39.4. The number of rotatable bonds is 8. The second kappa shape index (κ2) is 13.8. The number of amides is 1. The topological polar surface area (TPSA) is 123 Å². The minimum absolute atomic E-state index is 0.0996. The third-order valence-corrected chi connectivity index (χ3v) is 9.20. The van der Waals surface area contributed by atoms with Gasteiger partial charge in [0.1, 0.15) is 29.9 Å². The molecule has 0 aromatic carbocycles. The van der Waals surface area contributed by atoms with Crippen LogP contribution in [-0.2, 0) is 9.53 Å². The van der Waals surface area contributed by atoms with E-state index in [1.54, 1.807) is 13.2 Å². The largest absolute Gasteiger partial charge is 0.401 e. The van der Waals surface area contributed by atoms with Crippen molar-refractivity contribution in [2.75, 3.05) is 19.3 Å². The van der Waals surface area contributed by atoms with E-state index < -0.39 is 60.0 Å². The number of thioether (sulfide) groups is 1. The molecule has 13 heteroatoms. The molecule has 3 rings (SSSR count). The summed E-state index contributed by atoms with van der Waals surface area (Å²) in [5.74, 6) is 0.569. The van der Waals surface area contributed by atoms with Crippen LogP contribution in [0.25, 0.3) is 0 Å². The summed E-state index contributed by atoms with van der Waals surface area (Å²) < 4.78 is 43.3. The maximum atomic E-state index is 13.2. The number of alkyl halides is 4. The summed E-state index contributed by atoms with van der Waals surface area (Å²) in [7, 11) is 0. The predicted molar refractivity (Wildman–Crippen MR) is 136 cm³/mol. The highest BCUT2D eigenvalue weighted by atomic mass is 35.5. The molecule has 2 aliphatic heterocycles. The van der Waals surface area contributed by atoms with Crippen molar-refractivity contribution in [2.24, 2.45) is 11.8 Å². The maximum absolute atomic E-state index is 13.2. The van der Waals surface area contributed by atoms with E-state index in [2.05, 4.69) is 16.0 Å². The molecule has 6 N–H and O–H groups in total. The van der Waals surface area contributed by atoms with Crippen LogP contribution in [0.4, 0.5) is 13.2 Å². The highest BCUT2D eigenvalue weighted by Gasteiger charge is 2.48. The number of nitrogens with one attached hydrogen (secondary N) is 3. The van der Waals surface area contributed by atoms with E-state index in [1.807, 2.05) is 0 Å². The lowest BCUT2D eigenvalue weighted by Crippen LogP contribution is -2.65. The van der Waals surface area contributed by atoms with Gasteiger partial charge in [0.2, 0.25) is 5.91 Å². The Balaban J connectivity index is 1.52. The lowest BCUT2D eigenvalue weighted by molar-refractivity contribution is -0.205. The first kappa shape index (κ1) is 31.2. The molecule has 216 valence electrons. The van der Waals surface area contributed by atoms with Crippen molar-refractivity contribution in [3.05, 3.63) is 0 Å². The number of hydrogen-bond donors (Lipinski definition) is 6. The van der Waals surface area contributed by atoms with E-state index in [-0.39, 0.29) is 11.9 Å². The van der Waals surface area contributed by atoms with E-state index in [9.17, 15) is 33.3 Å².